The number of para-hydroxylation sites is 1. The van der Waals surface area contributed by atoms with Crippen LogP contribution in [-0.2, 0) is 19.1 Å². The molecule has 2 amide bonds. The van der Waals surface area contributed by atoms with Crippen LogP contribution in [0.5, 0.6) is 5.19 Å². The second-order valence-electron chi connectivity index (χ2n) is 11.6. The topological polar surface area (TPSA) is 110 Å². The van der Waals surface area contributed by atoms with Gasteiger partial charge in [0.05, 0.1) is 23.9 Å². The summed E-state index contributed by atoms with van der Waals surface area (Å²) in [6, 6.07) is 9.29. The zero-order valence-electron chi connectivity index (χ0n) is 24.3. The highest BCUT2D eigenvalue weighted by molar-refractivity contribution is 7.20. The van der Waals surface area contributed by atoms with E-state index < -0.39 is 47.2 Å². The van der Waals surface area contributed by atoms with Crippen molar-refractivity contribution in [1.29, 1.82) is 0 Å². The maximum atomic E-state index is 14.2. The van der Waals surface area contributed by atoms with Gasteiger partial charge < -0.3 is 25.0 Å². The zero-order chi connectivity index (χ0) is 30.8. The number of rotatable bonds is 5. The van der Waals surface area contributed by atoms with Crippen molar-refractivity contribution in [1.82, 2.24) is 15.2 Å². The van der Waals surface area contributed by atoms with Crippen molar-refractivity contribution in [2.24, 2.45) is 5.92 Å². The van der Waals surface area contributed by atoms with Crippen LogP contribution in [0.25, 0.3) is 10.2 Å². The Hall–Kier alpha value is -4.06. The van der Waals surface area contributed by atoms with Crippen LogP contribution in [0.4, 0.5) is 14.5 Å². The van der Waals surface area contributed by atoms with Gasteiger partial charge in [0, 0.05) is 24.1 Å². The number of ether oxygens (including phenoxy) is 2. The molecule has 1 saturated carbocycles. The second-order valence-corrected chi connectivity index (χ2v) is 12.6. The summed E-state index contributed by atoms with van der Waals surface area (Å²) in [7, 11) is 1.29. The molecule has 44 heavy (non-hydrogen) atoms. The molecule has 0 bridgehead atoms. The number of thiazole rings is 1. The van der Waals surface area contributed by atoms with E-state index in [-0.39, 0.29) is 30.5 Å². The molecule has 232 valence electrons. The molecule has 6 rings (SSSR count). The van der Waals surface area contributed by atoms with Crippen molar-refractivity contribution in [3.05, 3.63) is 66.3 Å². The van der Waals surface area contributed by atoms with Crippen LogP contribution in [0.2, 0.25) is 0 Å². The molecule has 1 saturated heterocycles. The Morgan fingerprint density at radius 1 is 1.14 bits per heavy atom. The third-order valence-corrected chi connectivity index (χ3v) is 9.52. The predicted molar refractivity (Wildman–Crippen MR) is 161 cm³/mol. The smallest absolute Gasteiger partial charge is 0.332 e. The minimum Gasteiger partial charge on any atom is -0.467 e. The fourth-order valence-corrected chi connectivity index (χ4v) is 7.03. The normalized spacial score (nSPS) is 28.2. The first-order valence-electron chi connectivity index (χ1n) is 14.9. The SMILES string of the molecule is COC(=O)[C@@]12C[C@@H]1/C=C\CCCCC[C@H](Nc1ccc(F)c(F)c1)C(=O)N1C[C@H](Oc3nc4ccccc4s3)C[C@H]1C(=O)N2. The minimum atomic E-state index is -1.19. The van der Waals surface area contributed by atoms with E-state index in [1.54, 1.807) is 0 Å². The molecule has 5 atom stereocenters. The number of hydrogen-bond acceptors (Lipinski definition) is 8. The number of carbonyl (C=O) groups is 3. The number of halogens is 2. The molecular formula is C32H34F2N4O5S. The Balaban J connectivity index is 1.30. The van der Waals surface area contributed by atoms with E-state index in [1.807, 2.05) is 36.4 Å². The van der Waals surface area contributed by atoms with E-state index in [4.69, 9.17) is 9.47 Å². The van der Waals surface area contributed by atoms with Crippen molar-refractivity contribution in [3.8, 4) is 5.19 Å². The number of anilines is 1. The van der Waals surface area contributed by atoms with Gasteiger partial charge in [0.15, 0.2) is 11.6 Å². The average molecular weight is 625 g/mol. The largest absolute Gasteiger partial charge is 0.467 e. The fraction of sp³-hybridized carbons (Fsp3) is 0.438. The molecule has 2 N–H and O–H groups in total. The summed E-state index contributed by atoms with van der Waals surface area (Å²) in [4.78, 5) is 47.0. The lowest BCUT2D eigenvalue weighted by atomic mass is 10.0. The Bertz CT molecular complexity index is 1560. The number of aromatic nitrogens is 1. The Labute approximate surface area is 257 Å². The number of hydrogen-bond donors (Lipinski definition) is 2. The number of fused-ring (bicyclic) bond motifs is 3. The summed E-state index contributed by atoms with van der Waals surface area (Å²) < 4.78 is 39.9. The molecule has 0 unspecified atom stereocenters. The summed E-state index contributed by atoms with van der Waals surface area (Å²) in [5.74, 6) is -3.58. The minimum absolute atomic E-state index is 0.108. The predicted octanol–water partition coefficient (Wildman–Crippen LogP) is 4.97. The van der Waals surface area contributed by atoms with Gasteiger partial charge in [-0.3, -0.25) is 9.59 Å². The van der Waals surface area contributed by atoms with E-state index in [2.05, 4.69) is 15.6 Å². The molecule has 0 radical (unpaired) electrons. The van der Waals surface area contributed by atoms with Crippen LogP contribution in [0, 0.1) is 17.6 Å². The van der Waals surface area contributed by atoms with Gasteiger partial charge in [0.1, 0.15) is 23.7 Å². The molecule has 12 heteroatoms. The van der Waals surface area contributed by atoms with E-state index in [0.717, 1.165) is 41.6 Å². The standard InChI is InChI=1S/C32H34F2N4O5S/c1-42-30(41)32-17-19(32)9-5-3-2-4-6-11-25(35-20-13-14-22(33)23(34)15-20)29(40)38-18-21(16-26(38)28(39)37-32)43-31-36-24-10-7-8-12-27(24)44-31/h5,7-10,12-15,19,21,25-26,35H,2-4,6,11,16-18H2,1H3,(H,37,39)/b9-5-/t19-,21+,25-,26-,32+/m0/s1. The fourth-order valence-electron chi connectivity index (χ4n) is 6.15. The zero-order valence-corrected chi connectivity index (χ0v) is 25.1. The maximum absolute atomic E-state index is 14.2. The van der Waals surface area contributed by atoms with Gasteiger partial charge in [-0.05, 0) is 49.9 Å². The van der Waals surface area contributed by atoms with Crippen molar-refractivity contribution >= 4 is 45.0 Å². The number of carbonyl (C=O) groups excluding carboxylic acids is 3. The molecule has 3 aromatic rings. The van der Waals surface area contributed by atoms with Crippen molar-refractivity contribution in [2.75, 3.05) is 19.0 Å². The van der Waals surface area contributed by atoms with Gasteiger partial charge in [-0.1, -0.05) is 48.5 Å². The van der Waals surface area contributed by atoms with Crippen LogP contribution in [0.1, 0.15) is 44.9 Å². The first-order valence-corrected chi connectivity index (χ1v) is 15.7. The Morgan fingerprint density at radius 3 is 2.77 bits per heavy atom. The molecule has 1 aromatic heterocycles. The molecule has 2 aliphatic heterocycles. The van der Waals surface area contributed by atoms with Crippen LogP contribution in [-0.4, -0.2) is 65.0 Å². The highest BCUT2D eigenvalue weighted by Crippen LogP contribution is 2.46. The van der Waals surface area contributed by atoms with Gasteiger partial charge >= 0.3 is 5.97 Å². The Kier molecular flexibility index (Phi) is 8.53. The number of nitrogens with one attached hydrogen (secondary N) is 2. The molecule has 9 nitrogen and oxygen atoms in total. The van der Waals surface area contributed by atoms with Gasteiger partial charge in [-0.15, -0.1) is 0 Å². The lowest BCUT2D eigenvalue weighted by Gasteiger charge is -2.30. The number of esters is 1. The molecule has 0 spiro atoms. The third kappa shape index (κ3) is 6.12. The second kappa shape index (κ2) is 12.5. The van der Waals surface area contributed by atoms with Crippen molar-refractivity contribution in [2.45, 2.75) is 68.7 Å². The summed E-state index contributed by atoms with van der Waals surface area (Å²) in [6.07, 6.45) is 7.66. The van der Waals surface area contributed by atoms with Crippen LogP contribution in [0.3, 0.4) is 0 Å². The summed E-state index contributed by atoms with van der Waals surface area (Å²) in [5, 5.41) is 6.44. The van der Waals surface area contributed by atoms with Crippen LogP contribution >= 0.6 is 11.3 Å². The van der Waals surface area contributed by atoms with Crippen molar-refractivity contribution in [3.63, 3.8) is 0 Å². The lowest BCUT2D eigenvalue weighted by Crippen LogP contribution is -2.55. The molecule has 1 aliphatic carbocycles. The number of methoxy groups -OCH3 is 1. The van der Waals surface area contributed by atoms with E-state index in [1.165, 1.54) is 29.4 Å². The quantitative estimate of drug-likeness (QED) is 0.305. The van der Waals surface area contributed by atoms with E-state index in [9.17, 15) is 23.2 Å². The van der Waals surface area contributed by atoms with Crippen LogP contribution in [0.15, 0.2) is 54.6 Å². The molecular weight excluding hydrogens is 590 g/mol. The summed E-state index contributed by atoms with van der Waals surface area (Å²) in [5.41, 5.74) is -0.138. The highest BCUT2D eigenvalue weighted by Gasteiger charge is 2.62. The average Bonchev–Trinajstić information content (AvgIpc) is 3.32. The van der Waals surface area contributed by atoms with Gasteiger partial charge in [0.2, 0.25) is 11.8 Å². The van der Waals surface area contributed by atoms with Gasteiger partial charge in [0.25, 0.3) is 5.19 Å². The molecule has 2 fully saturated rings. The molecule has 2 aromatic carbocycles. The monoisotopic (exact) mass is 624 g/mol. The number of amides is 2. The summed E-state index contributed by atoms with van der Waals surface area (Å²) in [6.45, 7) is 0.108. The first kappa shape index (κ1) is 30.0. The summed E-state index contributed by atoms with van der Waals surface area (Å²) >= 11 is 1.38. The maximum Gasteiger partial charge on any atom is 0.332 e. The third-order valence-electron chi connectivity index (χ3n) is 8.59. The Morgan fingerprint density at radius 2 is 1.98 bits per heavy atom. The van der Waals surface area contributed by atoms with Gasteiger partial charge in [-0.2, -0.15) is 0 Å². The van der Waals surface area contributed by atoms with Gasteiger partial charge in [-0.25, -0.2) is 18.6 Å². The number of nitrogens with zero attached hydrogens (tertiary/aromatic N) is 2. The first-order chi connectivity index (χ1) is 21.3. The number of allylic oxidation sites excluding steroid dienone is 1. The van der Waals surface area contributed by atoms with E-state index in [0.29, 0.717) is 24.5 Å². The van der Waals surface area contributed by atoms with Crippen LogP contribution < -0.4 is 15.4 Å². The molecule has 3 heterocycles. The van der Waals surface area contributed by atoms with Crippen molar-refractivity contribution < 1.29 is 32.6 Å². The van der Waals surface area contributed by atoms with E-state index >= 15 is 0 Å². The molecule has 3 aliphatic rings. The lowest BCUT2D eigenvalue weighted by molar-refractivity contribution is -0.148. The number of benzene rings is 2. The highest BCUT2D eigenvalue weighted by atomic mass is 32.1.